The van der Waals surface area contributed by atoms with Gasteiger partial charge in [-0.2, -0.15) is 16.5 Å². The molecule has 0 aliphatic heterocycles. The van der Waals surface area contributed by atoms with Gasteiger partial charge in [0.2, 0.25) is 15.9 Å². The van der Waals surface area contributed by atoms with Crippen molar-refractivity contribution in [2.24, 2.45) is 0 Å². The molecule has 2 rings (SSSR count). The number of carbonyl (C=O) groups is 1. The quantitative estimate of drug-likeness (QED) is 0.693. The minimum atomic E-state index is -3.81. The van der Waals surface area contributed by atoms with Crippen LogP contribution in [-0.2, 0) is 14.8 Å². The molecule has 0 radical (unpaired) electrons. The molecule has 0 saturated heterocycles. The Hall–Kier alpha value is -1.54. The van der Waals surface area contributed by atoms with Crippen LogP contribution < -0.4 is 10.0 Å². The number of hydrogen-bond donors (Lipinski definition) is 2. The monoisotopic (exact) mass is 412 g/mol. The zero-order valence-corrected chi connectivity index (χ0v) is 16.9. The third-order valence-electron chi connectivity index (χ3n) is 3.69. The highest BCUT2D eigenvalue weighted by atomic mass is 35.5. The van der Waals surface area contributed by atoms with Crippen molar-refractivity contribution < 1.29 is 13.2 Å². The largest absolute Gasteiger partial charge is 0.323 e. The van der Waals surface area contributed by atoms with Gasteiger partial charge in [-0.1, -0.05) is 41.4 Å². The molecule has 2 aromatic carbocycles. The molecule has 0 aromatic heterocycles. The van der Waals surface area contributed by atoms with Crippen LogP contribution in [0.4, 0.5) is 5.69 Å². The summed E-state index contributed by atoms with van der Waals surface area (Å²) in [7, 11) is -3.81. The molecule has 2 aromatic rings. The van der Waals surface area contributed by atoms with Crippen molar-refractivity contribution in [3.63, 3.8) is 0 Å². The Morgan fingerprint density at radius 3 is 2.42 bits per heavy atom. The van der Waals surface area contributed by atoms with Crippen LogP contribution in [0.25, 0.3) is 0 Å². The summed E-state index contributed by atoms with van der Waals surface area (Å²) in [5, 5.41) is 3.09. The number of thioether (sulfide) groups is 1. The van der Waals surface area contributed by atoms with Crippen molar-refractivity contribution in [1.29, 1.82) is 0 Å². The van der Waals surface area contributed by atoms with E-state index in [1.165, 1.54) is 23.9 Å². The predicted molar refractivity (Wildman–Crippen MR) is 108 cm³/mol. The number of amides is 1. The van der Waals surface area contributed by atoms with Crippen LogP contribution in [0.3, 0.4) is 0 Å². The number of sulfonamides is 1. The van der Waals surface area contributed by atoms with E-state index in [1.54, 1.807) is 36.4 Å². The zero-order chi connectivity index (χ0) is 19.2. The lowest BCUT2D eigenvalue weighted by atomic mass is 10.2. The fourth-order valence-electron chi connectivity index (χ4n) is 2.23. The van der Waals surface area contributed by atoms with Crippen molar-refractivity contribution in [2.75, 3.05) is 17.3 Å². The number of rotatable bonds is 8. The lowest BCUT2D eigenvalue weighted by Gasteiger charge is -2.19. The summed E-state index contributed by atoms with van der Waals surface area (Å²) in [5.74, 6) is 0.194. The minimum Gasteiger partial charge on any atom is -0.323 e. The second-order valence-electron chi connectivity index (χ2n) is 5.74. The predicted octanol–water partition coefficient (Wildman–Crippen LogP) is 3.69. The van der Waals surface area contributed by atoms with E-state index in [2.05, 4.69) is 10.0 Å². The molecule has 0 bridgehead atoms. The average Bonchev–Trinajstić information content (AvgIpc) is 2.60. The number of aryl methyl sites for hydroxylation is 1. The number of nitrogens with one attached hydrogen (secondary N) is 2. The summed E-state index contributed by atoms with van der Waals surface area (Å²) in [4.78, 5) is 12.8. The topological polar surface area (TPSA) is 75.3 Å². The summed E-state index contributed by atoms with van der Waals surface area (Å²) in [6, 6.07) is 12.4. The standard InChI is InChI=1S/C18H21ClN2O3S2/c1-13-7-9-14(10-8-13)26(23,24)21-17(11-12-25-2)18(22)20-16-6-4-3-5-15(16)19/h3-10,17,21H,11-12H2,1-2H3,(H,20,22). The van der Waals surface area contributed by atoms with Crippen molar-refractivity contribution >= 4 is 45.0 Å². The molecule has 140 valence electrons. The Labute approximate surface area is 163 Å². The number of halogens is 1. The maximum absolute atomic E-state index is 12.6. The van der Waals surface area contributed by atoms with Crippen LogP contribution in [-0.4, -0.2) is 32.4 Å². The zero-order valence-electron chi connectivity index (χ0n) is 14.5. The first-order valence-electron chi connectivity index (χ1n) is 7.97. The van der Waals surface area contributed by atoms with E-state index in [9.17, 15) is 13.2 Å². The van der Waals surface area contributed by atoms with Gasteiger partial charge in [0.1, 0.15) is 6.04 Å². The number of carbonyl (C=O) groups excluding carboxylic acids is 1. The molecule has 1 atom stereocenters. The second-order valence-corrected chi connectivity index (χ2v) is 8.84. The Bertz CT molecular complexity index is 855. The highest BCUT2D eigenvalue weighted by molar-refractivity contribution is 7.98. The molecule has 2 N–H and O–H groups in total. The molecular formula is C18H21ClN2O3S2. The molecular weight excluding hydrogens is 392 g/mol. The van der Waals surface area contributed by atoms with Crippen molar-refractivity contribution in [3.05, 3.63) is 59.1 Å². The van der Waals surface area contributed by atoms with Gasteiger partial charge in [0.05, 0.1) is 15.6 Å². The van der Waals surface area contributed by atoms with Crippen molar-refractivity contribution in [1.82, 2.24) is 4.72 Å². The molecule has 0 aliphatic rings. The molecule has 0 spiro atoms. The summed E-state index contributed by atoms with van der Waals surface area (Å²) in [6.45, 7) is 1.88. The van der Waals surface area contributed by atoms with Crippen LogP contribution in [0.5, 0.6) is 0 Å². The van der Waals surface area contributed by atoms with Gasteiger partial charge in [0.15, 0.2) is 0 Å². The van der Waals surface area contributed by atoms with E-state index in [4.69, 9.17) is 11.6 Å². The van der Waals surface area contributed by atoms with Gasteiger partial charge >= 0.3 is 0 Å². The first kappa shape index (κ1) is 20.8. The molecule has 8 heteroatoms. The van der Waals surface area contributed by atoms with E-state index in [-0.39, 0.29) is 4.90 Å². The van der Waals surface area contributed by atoms with E-state index < -0.39 is 22.0 Å². The summed E-state index contributed by atoms with van der Waals surface area (Å²) in [5.41, 5.74) is 1.40. The SMILES string of the molecule is CSCCC(NS(=O)(=O)c1ccc(C)cc1)C(=O)Nc1ccccc1Cl. The molecule has 0 heterocycles. The normalized spacial score (nSPS) is 12.6. The highest BCUT2D eigenvalue weighted by Crippen LogP contribution is 2.21. The third-order valence-corrected chi connectivity index (χ3v) is 6.15. The molecule has 26 heavy (non-hydrogen) atoms. The molecule has 0 fully saturated rings. The van der Waals surface area contributed by atoms with Gasteiger partial charge in [0.25, 0.3) is 0 Å². The molecule has 0 saturated carbocycles. The lowest BCUT2D eigenvalue weighted by molar-refractivity contribution is -0.117. The summed E-state index contributed by atoms with van der Waals surface area (Å²) >= 11 is 7.60. The van der Waals surface area contributed by atoms with E-state index in [0.29, 0.717) is 22.9 Å². The lowest BCUT2D eigenvalue weighted by Crippen LogP contribution is -2.44. The van der Waals surface area contributed by atoms with E-state index in [0.717, 1.165) is 5.56 Å². The Morgan fingerprint density at radius 2 is 1.81 bits per heavy atom. The van der Waals surface area contributed by atoms with Crippen molar-refractivity contribution in [2.45, 2.75) is 24.3 Å². The first-order valence-corrected chi connectivity index (χ1v) is 11.2. The van der Waals surface area contributed by atoms with Crippen LogP contribution in [0.2, 0.25) is 5.02 Å². The van der Waals surface area contributed by atoms with E-state index >= 15 is 0 Å². The Balaban J connectivity index is 2.19. The number of hydrogen-bond acceptors (Lipinski definition) is 4. The van der Waals surface area contributed by atoms with Gasteiger partial charge < -0.3 is 5.32 Å². The average molecular weight is 413 g/mol. The smallest absolute Gasteiger partial charge is 0.242 e. The minimum absolute atomic E-state index is 0.128. The third kappa shape index (κ3) is 5.74. The van der Waals surface area contributed by atoms with Crippen molar-refractivity contribution in [3.8, 4) is 0 Å². The van der Waals surface area contributed by atoms with Crippen LogP contribution in [0, 0.1) is 6.92 Å². The molecule has 5 nitrogen and oxygen atoms in total. The van der Waals surface area contributed by atoms with Gasteiger partial charge in [-0.05, 0) is 49.6 Å². The molecule has 1 unspecified atom stereocenters. The van der Waals surface area contributed by atoms with Crippen LogP contribution in [0.1, 0.15) is 12.0 Å². The molecule has 1 amide bonds. The Kier molecular flexibility index (Phi) is 7.52. The molecule has 0 aliphatic carbocycles. The second kappa shape index (κ2) is 9.41. The number of anilines is 1. The number of benzene rings is 2. The van der Waals surface area contributed by atoms with Crippen LogP contribution >= 0.6 is 23.4 Å². The van der Waals surface area contributed by atoms with Crippen LogP contribution in [0.15, 0.2) is 53.4 Å². The van der Waals surface area contributed by atoms with Gasteiger partial charge in [-0.25, -0.2) is 8.42 Å². The first-order chi connectivity index (χ1) is 12.3. The fraction of sp³-hybridized carbons (Fsp3) is 0.278. The number of para-hydroxylation sites is 1. The maximum atomic E-state index is 12.6. The fourth-order valence-corrected chi connectivity index (χ4v) is 4.12. The van der Waals surface area contributed by atoms with E-state index in [1.807, 2.05) is 13.2 Å². The summed E-state index contributed by atoms with van der Waals surface area (Å²) < 4.78 is 27.7. The van der Waals surface area contributed by atoms with Gasteiger partial charge in [-0.15, -0.1) is 0 Å². The van der Waals surface area contributed by atoms with Gasteiger partial charge in [0, 0.05) is 0 Å². The highest BCUT2D eigenvalue weighted by Gasteiger charge is 2.25. The summed E-state index contributed by atoms with van der Waals surface area (Å²) in [6.07, 6.45) is 2.26. The Morgan fingerprint density at radius 1 is 1.15 bits per heavy atom. The van der Waals surface area contributed by atoms with Gasteiger partial charge in [-0.3, -0.25) is 4.79 Å². The maximum Gasteiger partial charge on any atom is 0.242 e.